The molecule has 3 aromatic rings. The molecule has 4 nitrogen and oxygen atoms in total. The molecule has 7 heteroatoms. The van der Waals surface area contributed by atoms with Gasteiger partial charge in [-0.1, -0.05) is 6.07 Å². The van der Waals surface area contributed by atoms with Crippen LogP contribution in [0.25, 0.3) is 10.9 Å². The zero-order chi connectivity index (χ0) is 16.4. The van der Waals surface area contributed by atoms with Gasteiger partial charge in [-0.15, -0.1) is 0 Å². The maximum Gasteiger partial charge on any atom is 0.416 e. The average Bonchev–Trinajstić information content (AvgIpc) is 3.05. The number of pyridine rings is 1. The summed E-state index contributed by atoms with van der Waals surface area (Å²) in [5, 5.41) is 13.1. The second-order valence-corrected chi connectivity index (χ2v) is 4.98. The summed E-state index contributed by atoms with van der Waals surface area (Å²) in [6.45, 7) is -0.224. The van der Waals surface area contributed by atoms with E-state index in [0.29, 0.717) is 16.8 Å². The quantitative estimate of drug-likeness (QED) is 0.762. The summed E-state index contributed by atoms with van der Waals surface area (Å²) in [6.07, 6.45) is -1.51. The number of aliphatic hydroxyl groups is 1. The third-order valence-corrected chi connectivity index (χ3v) is 3.47. The van der Waals surface area contributed by atoms with Crippen molar-refractivity contribution in [3.63, 3.8) is 0 Å². The van der Waals surface area contributed by atoms with Crippen molar-refractivity contribution in [2.75, 3.05) is 11.9 Å². The molecule has 1 aromatic carbocycles. The van der Waals surface area contributed by atoms with Crippen LogP contribution in [0.1, 0.15) is 17.4 Å². The molecule has 0 aliphatic heterocycles. The highest BCUT2D eigenvalue weighted by atomic mass is 19.4. The summed E-state index contributed by atoms with van der Waals surface area (Å²) < 4.78 is 43.6. The molecular formula is C16H13F3N2O2. The minimum Gasteiger partial charge on any atom is -0.467 e. The predicted octanol–water partition coefficient (Wildman–Crippen LogP) is 3.99. The second-order valence-electron chi connectivity index (χ2n) is 4.98. The molecule has 2 aromatic heterocycles. The van der Waals surface area contributed by atoms with E-state index < -0.39 is 17.8 Å². The molecule has 23 heavy (non-hydrogen) atoms. The Balaban J connectivity index is 1.98. The lowest BCUT2D eigenvalue weighted by atomic mass is 10.1. The zero-order valence-corrected chi connectivity index (χ0v) is 11.8. The van der Waals surface area contributed by atoms with Crippen molar-refractivity contribution in [1.29, 1.82) is 0 Å². The highest BCUT2D eigenvalue weighted by Crippen LogP contribution is 2.33. The summed E-state index contributed by atoms with van der Waals surface area (Å²) in [5.74, 6) is 0.532. The van der Waals surface area contributed by atoms with Crippen molar-refractivity contribution in [2.45, 2.75) is 12.2 Å². The topological polar surface area (TPSA) is 58.3 Å². The Hall–Kier alpha value is -2.54. The van der Waals surface area contributed by atoms with Crippen molar-refractivity contribution in [3.05, 3.63) is 60.2 Å². The molecule has 0 amide bonds. The Kier molecular flexibility index (Phi) is 3.96. The SMILES string of the molecule is OCC(Nc1ccnc2cc(C(F)(F)F)ccc12)c1ccco1. The van der Waals surface area contributed by atoms with E-state index in [0.717, 1.165) is 12.1 Å². The molecule has 3 rings (SSSR count). The van der Waals surface area contributed by atoms with E-state index in [1.54, 1.807) is 18.2 Å². The standard InChI is InChI=1S/C16H13F3N2O2/c17-16(18,19)10-3-4-11-12(5-6-20-13(11)8-10)21-14(9-22)15-2-1-7-23-15/h1-8,14,22H,9H2,(H,20,21). The van der Waals surface area contributed by atoms with Gasteiger partial charge in [-0.3, -0.25) is 4.98 Å². The number of halogens is 3. The first kappa shape index (κ1) is 15.4. The fraction of sp³-hybridized carbons (Fsp3) is 0.188. The van der Waals surface area contributed by atoms with E-state index in [9.17, 15) is 18.3 Å². The lowest BCUT2D eigenvalue weighted by Gasteiger charge is -2.17. The van der Waals surface area contributed by atoms with Crippen LogP contribution >= 0.6 is 0 Å². The van der Waals surface area contributed by atoms with Gasteiger partial charge >= 0.3 is 6.18 Å². The number of rotatable bonds is 4. The van der Waals surface area contributed by atoms with E-state index >= 15 is 0 Å². The van der Waals surface area contributed by atoms with Crippen LogP contribution in [0, 0.1) is 0 Å². The van der Waals surface area contributed by atoms with Gasteiger partial charge in [0.15, 0.2) is 0 Å². The number of furan rings is 1. The molecule has 0 bridgehead atoms. The van der Waals surface area contributed by atoms with Crippen molar-refractivity contribution in [3.8, 4) is 0 Å². The Morgan fingerprint density at radius 3 is 2.70 bits per heavy atom. The number of aromatic nitrogens is 1. The third kappa shape index (κ3) is 3.14. The van der Waals surface area contributed by atoms with Gasteiger partial charge in [-0.05, 0) is 30.3 Å². The normalized spacial score (nSPS) is 13.2. The summed E-state index contributed by atoms with van der Waals surface area (Å²) in [5.41, 5.74) is 0.0412. The summed E-state index contributed by atoms with van der Waals surface area (Å²) >= 11 is 0. The number of hydrogen-bond donors (Lipinski definition) is 2. The molecule has 0 aliphatic carbocycles. The molecule has 2 N–H and O–H groups in total. The third-order valence-electron chi connectivity index (χ3n) is 3.47. The Morgan fingerprint density at radius 2 is 2.04 bits per heavy atom. The summed E-state index contributed by atoms with van der Waals surface area (Å²) in [7, 11) is 0. The number of nitrogens with zero attached hydrogens (tertiary/aromatic N) is 1. The molecule has 0 aliphatic rings. The van der Waals surface area contributed by atoms with E-state index in [2.05, 4.69) is 10.3 Å². The molecule has 120 valence electrons. The number of benzene rings is 1. The second kappa shape index (κ2) is 5.92. The smallest absolute Gasteiger partial charge is 0.416 e. The van der Waals surface area contributed by atoms with Gasteiger partial charge in [-0.25, -0.2) is 0 Å². The number of anilines is 1. The van der Waals surface area contributed by atoms with E-state index in [1.807, 2.05) is 0 Å². The first-order chi connectivity index (χ1) is 11.0. The molecule has 1 unspecified atom stereocenters. The minimum atomic E-state index is -4.42. The van der Waals surface area contributed by atoms with Gasteiger partial charge in [0.05, 0.1) is 24.0 Å². The number of aliphatic hydroxyl groups excluding tert-OH is 1. The Morgan fingerprint density at radius 1 is 1.22 bits per heavy atom. The zero-order valence-electron chi connectivity index (χ0n) is 11.8. The van der Waals surface area contributed by atoms with Gasteiger partial charge < -0.3 is 14.8 Å². The number of fused-ring (bicyclic) bond motifs is 1. The molecule has 0 fully saturated rings. The van der Waals surface area contributed by atoms with Gasteiger partial charge in [0.25, 0.3) is 0 Å². The lowest BCUT2D eigenvalue weighted by Crippen LogP contribution is -2.14. The number of nitrogens with one attached hydrogen (secondary N) is 1. The van der Waals surface area contributed by atoms with Gasteiger partial charge in [-0.2, -0.15) is 13.2 Å². The van der Waals surface area contributed by atoms with Crippen LogP contribution in [0.15, 0.2) is 53.3 Å². The fourth-order valence-corrected chi connectivity index (χ4v) is 2.33. The van der Waals surface area contributed by atoms with Crippen LogP contribution in [0.4, 0.5) is 18.9 Å². The Bertz CT molecular complexity index is 801. The van der Waals surface area contributed by atoms with Gasteiger partial charge in [0, 0.05) is 17.3 Å². The molecule has 0 saturated carbocycles. The van der Waals surface area contributed by atoms with E-state index in [-0.39, 0.29) is 12.1 Å². The number of alkyl halides is 3. The van der Waals surface area contributed by atoms with Crippen LogP contribution in [0.5, 0.6) is 0 Å². The van der Waals surface area contributed by atoms with E-state index in [4.69, 9.17) is 4.42 Å². The maximum absolute atomic E-state index is 12.8. The van der Waals surface area contributed by atoms with Crippen molar-refractivity contribution >= 4 is 16.6 Å². The van der Waals surface area contributed by atoms with Crippen LogP contribution in [-0.4, -0.2) is 16.7 Å². The average molecular weight is 322 g/mol. The van der Waals surface area contributed by atoms with Gasteiger partial charge in [0.1, 0.15) is 11.8 Å². The van der Waals surface area contributed by atoms with Crippen molar-refractivity contribution in [2.24, 2.45) is 0 Å². The summed E-state index contributed by atoms with van der Waals surface area (Å²) in [6, 6.07) is 7.92. The molecule has 2 heterocycles. The van der Waals surface area contributed by atoms with Gasteiger partial charge in [0.2, 0.25) is 0 Å². The van der Waals surface area contributed by atoms with Crippen LogP contribution < -0.4 is 5.32 Å². The van der Waals surface area contributed by atoms with Crippen LogP contribution in [0.3, 0.4) is 0 Å². The molecule has 1 atom stereocenters. The molecular weight excluding hydrogens is 309 g/mol. The molecule has 0 saturated heterocycles. The van der Waals surface area contributed by atoms with Crippen molar-refractivity contribution < 1.29 is 22.7 Å². The first-order valence-electron chi connectivity index (χ1n) is 6.86. The molecule has 0 spiro atoms. The highest BCUT2D eigenvalue weighted by molar-refractivity contribution is 5.91. The first-order valence-corrected chi connectivity index (χ1v) is 6.86. The predicted molar refractivity (Wildman–Crippen MR) is 78.9 cm³/mol. The molecule has 0 radical (unpaired) electrons. The van der Waals surface area contributed by atoms with Crippen LogP contribution in [0.2, 0.25) is 0 Å². The van der Waals surface area contributed by atoms with E-state index in [1.165, 1.54) is 18.5 Å². The minimum absolute atomic E-state index is 0.223. The number of hydrogen-bond acceptors (Lipinski definition) is 4. The largest absolute Gasteiger partial charge is 0.467 e. The van der Waals surface area contributed by atoms with Crippen molar-refractivity contribution in [1.82, 2.24) is 4.98 Å². The summed E-state index contributed by atoms with van der Waals surface area (Å²) in [4.78, 5) is 3.99. The lowest BCUT2D eigenvalue weighted by molar-refractivity contribution is -0.137. The van der Waals surface area contributed by atoms with Crippen LogP contribution in [-0.2, 0) is 6.18 Å². The monoisotopic (exact) mass is 322 g/mol. The fourth-order valence-electron chi connectivity index (χ4n) is 2.33. The maximum atomic E-state index is 12.8. The Labute approximate surface area is 129 Å². The highest BCUT2D eigenvalue weighted by Gasteiger charge is 2.30.